The average molecular weight is 333 g/mol. The first-order valence-corrected chi connectivity index (χ1v) is 7.13. The van der Waals surface area contributed by atoms with Crippen molar-refractivity contribution in [3.8, 4) is 11.5 Å². The Labute approximate surface area is 117 Å². The van der Waals surface area contributed by atoms with Gasteiger partial charge in [-0.05, 0) is 15.9 Å². The van der Waals surface area contributed by atoms with Crippen molar-refractivity contribution in [3.63, 3.8) is 0 Å². The van der Waals surface area contributed by atoms with E-state index in [1.165, 1.54) is 11.3 Å². The highest BCUT2D eigenvalue weighted by molar-refractivity contribution is 9.10. The first-order chi connectivity index (χ1) is 7.89. The van der Waals surface area contributed by atoms with Crippen LogP contribution in [0.2, 0.25) is 5.15 Å². The van der Waals surface area contributed by atoms with Crippen LogP contribution in [0.1, 0.15) is 26.5 Å². The highest BCUT2D eigenvalue weighted by Gasteiger charge is 2.23. The fourth-order valence-corrected chi connectivity index (χ4v) is 2.83. The van der Waals surface area contributed by atoms with Crippen molar-refractivity contribution < 1.29 is 0 Å². The smallest absolute Gasteiger partial charge is 0.180 e. The van der Waals surface area contributed by atoms with Gasteiger partial charge in [-0.1, -0.05) is 32.4 Å². The molecule has 2 aromatic rings. The number of thiazole rings is 1. The molecule has 0 spiro atoms. The summed E-state index contributed by atoms with van der Waals surface area (Å²) in [6, 6.07) is 0. The van der Waals surface area contributed by atoms with Crippen LogP contribution in [-0.2, 0) is 5.41 Å². The SMILES string of the molecule is CC(C)(C)c1nc(-c2cscn2)nc(Cl)c1Br. The van der Waals surface area contributed by atoms with Gasteiger partial charge in [-0.15, -0.1) is 11.3 Å². The molecule has 0 radical (unpaired) electrons. The summed E-state index contributed by atoms with van der Waals surface area (Å²) in [6.07, 6.45) is 0. The fourth-order valence-electron chi connectivity index (χ4n) is 1.35. The Morgan fingerprint density at radius 3 is 2.53 bits per heavy atom. The molecule has 0 atom stereocenters. The van der Waals surface area contributed by atoms with Crippen molar-refractivity contribution in [1.29, 1.82) is 0 Å². The molecule has 0 aliphatic heterocycles. The lowest BCUT2D eigenvalue weighted by Crippen LogP contribution is -2.16. The molecule has 90 valence electrons. The van der Waals surface area contributed by atoms with E-state index in [9.17, 15) is 0 Å². The lowest BCUT2D eigenvalue weighted by atomic mass is 9.92. The number of aromatic nitrogens is 3. The molecule has 0 aliphatic carbocycles. The van der Waals surface area contributed by atoms with Gasteiger partial charge in [0.05, 0.1) is 15.7 Å². The van der Waals surface area contributed by atoms with E-state index >= 15 is 0 Å². The lowest BCUT2D eigenvalue weighted by Gasteiger charge is -2.20. The van der Waals surface area contributed by atoms with Crippen LogP contribution < -0.4 is 0 Å². The summed E-state index contributed by atoms with van der Waals surface area (Å²) >= 11 is 11.1. The van der Waals surface area contributed by atoms with E-state index in [1.807, 2.05) is 5.38 Å². The minimum atomic E-state index is -0.101. The second-order valence-corrected chi connectivity index (χ2v) is 6.49. The molecule has 6 heteroatoms. The Morgan fingerprint density at radius 2 is 2.00 bits per heavy atom. The molecule has 2 heterocycles. The van der Waals surface area contributed by atoms with Crippen LogP contribution in [0.3, 0.4) is 0 Å². The van der Waals surface area contributed by atoms with Crippen molar-refractivity contribution >= 4 is 38.9 Å². The molecule has 0 aromatic carbocycles. The summed E-state index contributed by atoms with van der Waals surface area (Å²) in [5, 5.41) is 2.33. The molecule has 0 saturated heterocycles. The topological polar surface area (TPSA) is 38.7 Å². The molecule has 0 bridgehead atoms. The van der Waals surface area contributed by atoms with Gasteiger partial charge in [-0.25, -0.2) is 15.0 Å². The van der Waals surface area contributed by atoms with Crippen molar-refractivity contribution in [3.05, 3.63) is 26.2 Å². The Morgan fingerprint density at radius 1 is 1.29 bits per heavy atom. The second-order valence-electron chi connectivity index (χ2n) is 4.62. The van der Waals surface area contributed by atoms with E-state index in [0.29, 0.717) is 11.0 Å². The third kappa shape index (κ3) is 2.67. The fraction of sp³-hybridized carbons (Fsp3) is 0.364. The van der Waals surface area contributed by atoms with Gasteiger partial charge in [0.15, 0.2) is 5.82 Å². The summed E-state index contributed by atoms with van der Waals surface area (Å²) < 4.78 is 0.755. The summed E-state index contributed by atoms with van der Waals surface area (Å²) in [5.74, 6) is 0.573. The third-order valence-electron chi connectivity index (χ3n) is 2.18. The summed E-state index contributed by atoms with van der Waals surface area (Å²) in [7, 11) is 0. The van der Waals surface area contributed by atoms with Gasteiger partial charge in [-0.3, -0.25) is 0 Å². The van der Waals surface area contributed by atoms with E-state index in [4.69, 9.17) is 11.6 Å². The zero-order chi connectivity index (χ0) is 12.6. The summed E-state index contributed by atoms with van der Waals surface area (Å²) in [6.45, 7) is 6.25. The van der Waals surface area contributed by atoms with Gasteiger partial charge >= 0.3 is 0 Å². The molecule has 0 aliphatic rings. The molecular formula is C11H11BrClN3S. The maximum atomic E-state index is 6.12. The van der Waals surface area contributed by atoms with E-state index in [-0.39, 0.29) is 5.41 Å². The Balaban J connectivity index is 2.62. The van der Waals surface area contributed by atoms with Gasteiger partial charge in [-0.2, -0.15) is 0 Å². The lowest BCUT2D eigenvalue weighted by molar-refractivity contribution is 0.564. The molecule has 0 fully saturated rings. The standard InChI is InChI=1S/C11H11BrClN3S/c1-11(2,3)8-7(12)9(13)16-10(15-8)6-4-17-5-14-6/h4-5H,1-3H3. The largest absolute Gasteiger partial charge is 0.241 e. The van der Waals surface area contributed by atoms with Crippen LogP contribution in [0, 0.1) is 0 Å². The maximum absolute atomic E-state index is 6.12. The van der Waals surface area contributed by atoms with Crippen LogP contribution in [0.5, 0.6) is 0 Å². The summed E-state index contributed by atoms with van der Waals surface area (Å²) in [4.78, 5) is 13.0. The highest BCUT2D eigenvalue weighted by atomic mass is 79.9. The average Bonchev–Trinajstić information content (AvgIpc) is 2.73. The number of hydrogen-bond donors (Lipinski definition) is 0. The molecule has 2 rings (SSSR count). The first kappa shape index (κ1) is 12.9. The second kappa shape index (κ2) is 4.63. The van der Waals surface area contributed by atoms with Gasteiger partial charge in [0, 0.05) is 10.8 Å². The zero-order valence-electron chi connectivity index (χ0n) is 9.66. The van der Waals surface area contributed by atoms with Crippen LogP contribution in [-0.4, -0.2) is 15.0 Å². The van der Waals surface area contributed by atoms with Gasteiger partial charge < -0.3 is 0 Å². The van der Waals surface area contributed by atoms with Gasteiger partial charge in [0.25, 0.3) is 0 Å². The normalized spacial score (nSPS) is 11.8. The molecule has 3 nitrogen and oxygen atoms in total. The Kier molecular flexibility index (Phi) is 3.52. The molecule has 17 heavy (non-hydrogen) atoms. The number of hydrogen-bond acceptors (Lipinski definition) is 4. The molecule has 0 unspecified atom stereocenters. The van der Waals surface area contributed by atoms with Crippen LogP contribution >= 0.6 is 38.9 Å². The summed E-state index contributed by atoms with van der Waals surface area (Å²) in [5.41, 5.74) is 3.30. The monoisotopic (exact) mass is 331 g/mol. The van der Waals surface area contributed by atoms with E-state index < -0.39 is 0 Å². The molecule has 2 aromatic heterocycles. The quantitative estimate of drug-likeness (QED) is 0.730. The van der Waals surface area contributed by atoms with Crippen LogP contribution in [0.15, 0.2) is 15.4 Å². The van der Waals surface area contributed by atoms with Crippen molar-refractivity contribution in [1.82, 2.24) is 15.0 Å². The van der Waals surface area contributed by atoms with Crippen LogP contribution in [0.25, 0.3) is 11.5 Å². The number of halogens is 2. The first-order valence-electron chi connectivity index (χ1n) is 5.01. The Bertz CT molecular complexity index is 534. The third-order valence-corrected chi connectivity index (χ3v) is 4.02. The maximum Gasteiger partial charge on any atom is 0.180 e. The minimum Gasteiger partial charge on any atom is -0.241 e. The van der Waals surface area contributed by atoms with Crippen LogP contribution in [0.4, 0.5) is 0 Å². The van der Waals surface area contributed by atoms with Gasteiger partial charge in [0.1, 0.15) is 10.8 Å². The molecule has 0 amide bonds. The van der Waals surface area contributed by atoms with E-state index in [2.05, 4.69) is 51.7 Å². The number of nitrogens with zero attached hydrogens (tertiary/aromatic N) is 3. The van der Waals surface area contributed by atoms with Crippen molar-refractivity contribution in [2.75, 3.05) is 0 Å². The molecule has 0 N–H and O–H groups in total. The van der Waals surface area contributed by atoms with E-state index in [0.717, 1.165) is 15.9 Å². The molecule has 0 saturated carbocycles. The minimum absolute atomic E-state index is 0.101. The van der Waals surface area contributed by atoms with E-state index in [1.54, 1.807) is 5.51 Å². The zero-order valence-corrected chi connectivity index (χ0v) is 12.8. The number of rotatable bonds is 1. The van der Waals surface area contributed by atoms with Gasteiger partial charge in [0.2, 0.25) is 0 Å². The predicted molar refractivity (Wildman–Crippen MR) is 74.6 cm³/mol. The Hall–Kier alpha value is -0.520. The predicted octanol–water partition coefficient (Wildman–Crippen LogP) is 4.31. The highest BCUT2D eigenvalue weighted by Crippen LogP contribution is 2.33. The molecular weight excluding hydrogens is 322 g/mol. The van der Waals surface area contributed by atoms with Crippen molar-refractivity contribution in [2.45, 2.75) is 26.2 Å². The van der Waals surface area contributed by atoms with Crippen molar-refractivity contribution in [2.24, 2.45) is 0 Å².